The monoisotopic (exact) mass is 225 g/mol. The molecule has 1 aliphatic heterocycles. The standard InChI is InChI=1S/C12H23N3O/c13-12(16)6-8-15-10-4-1-3-9(10)11-5-2-7-14-11/h9-11,14-15H,1-8H2,(H2,13,16). The van der Waals surface area contributed by atoms with Gasteiger partial charge in [-0.05, 0) is 38.1 Å². The number of nitrogens with one attached hydrogen (secondary N) is 2. The van der Waals surface area contributed by atoms with Gasteiger partial charge in [-0.1, -0.05) is 6.42 Å². The first-order valence-electron chi connectivity index (χ1n) is 6.52. The highest BCUT2D eigenvalue weighted by atomic mass is 16.1. The van der Waals surface area contributed by atoms with E-state index < -0.39 is 0 Å². The second-order valence-electron chi connectivity index (χ2n) is 5.07. The van der Waals surface area contributed by atoms with Crippen LogP contribution in [0.4, 0.5) is 0 Å². The molecular weight excluding hydrogens is 202 g/mol. The zero-order chi connectivity index (χ0) is 11.4. The third-order valence-electron chi connectivity index (χ3n) is 3.96. The summed E-state index contributed by atoms with van der Waals surface area (Å²) in [5, 5.41) is 7.10. The summed E-state index contributed by atoms with van der Waals surface area (Å²) in [6.07, 6.45) is 6.99. The van der Waals surface area contributed by atoms with Crippen molar-refractivity contribution in [2.75, 3.05) is 13.1 Å². The molecule has 4 heteroatoms. The van der Waals surface area contributed by atoms with Gasteiger partial charge in [-0.25, -0.2) is 0 Å². The Hall–Kier alpha value is -0.610. The van der Waals surface area contributed by atoms with Gasteiger partial charge in [0.1, 0.15) is 0 Å². The molecule has 0 bridgehead atoms. The van der Waals surface area contributed by atoms with Crippen LogP contribution in [0.25, 0.3) is 0 Å². The van der Waals surface area contributed by atoms with Gasteiger partial charge in [0.15, 0.2) is 0 Å². The number of rotatable bonds is 5. The molecule has 0 aromatic heterocycles. The highest BCUT2D eigenvalue weighted by molar-refractivity contribution is 5.73. The van der Waals surface area contributed by atoms with Crippen molar-refractivity contribution in [1.82, 2.24) is 10.6 Å². The van der Waals surface area contributed by atoms with E-state index in [4.69, 9.17) is 5.73 Å². The van der Waals surface area contributed by atoms with E-state index >= 15 is 0 Å². The van der Waals surface area contributed by atoms with Crippen LogP contribution < -0.4 is 16.4 Å². The molecule has 92 valence electrons. The number of primary amides is 1. The number of carbonyl (C=O) groups is 1. The lowest BCUT2D eigenvalue weighted by atomic mass is 9.93. The van der Waals surface area contributed by atoms with Gasteiger partial charge >= 0.3 is 0 Å². The Labute approximate surface area is 97.3 Å². The Balaban J connectivity index is 1.76. The first-order valence-corrected chi connectivity index (χ1v) is 6.52. The molecule has 1 heterocycles. The molecule has 0 aromatic rings. The molecule has 4 nitrogen and oxygen atoms in total. The van der Waals surface area contributed by atoms with Gasteiger partial charge in [-0.3, -0.25) is 4.79 Å². The summed E-state index contributed by atoms with van der Waals surface area (Å²) in [4.78, 5) is 10.7. The second kappa shape index (κ2) is 5.64. The average molecular weight is 225 g/mol. The van der Waals surface area contributed by atoms with Crippen LogP contribution in [-0.4, -0.2) is 31.1 Å². The van der Waals surface area contributed by atoms with Crippen molar-refractivity contribution in [2.45, 2.75) is 50.6 Å². The molecule has 1 amide bonds. The van der Waals surface area contributed by atoms with Crippen LogP contribution in [0.1, 0.15) is 38.5 Å². The predicted octanol–water partition coefficient (Wildman–Crippen LogP) is 0.372. The summed E-state index contributed by atoms with van der Waals surface area (Å²) in [7, 11) is 0. The van der Waals surface area contributed by atoms with Gasteiger partial charge in [0, 0.05) is 25.0 Å². The average Bonchev–Trinajstić information content (AvgIpc) is 2.84. The Kier molecular flexibility index (Phi) is 4.18. The molecule has 1 aliphatic carbocycles. The number of carbonyl (C=O) groups excluding carboxylic acids is 1. The topological polar surface area (TPSA) is 67.2 Å². The molecule has 2 aliphatic rings. The molecule has 16 heavy (non-hydrogen) atoms. The Morgan fingerprint density at radius 3 is 2.88 bits per heavy atom. The van der Waals surface area contributed by atoms with E-state index in [0.717, 1.165) is 12.5 Å². The lowest BCUT2D eigenvalue weighted by molar-refractivity contribution is -0.117. The van der Waals surface area contributed by atoms with Crippen LogP contribution in [0.3, 0.4) is 0 Å². The maximum absolute atomic E-state index is 10.7. The molecule has 4 N–H and O–H groups in total. The van der Waals surface area contributed by atoms with Gasteiger partial charge < -0.3 is 16.4 Å². The fraction of sp³-hybridized carbons (Fsp3) is 0.917. The van der Waals surface area contributed by atoms with Crippen LogP contribution >= 0.6 is 0 Å². The molecule has 0 spiro atoms. The zero-order valence-corrected chi connectivity index (χ0v) is 9.87. The van der Waals surface area contributed by atoms with E-state index in [1.54, 1.807) is 0 Å². The van der Waals surface area contributed by atoms with Gasteiger partial charge in [-0.15, -0.1) is 0 Å². The summed E-state index contributed by atoms with van der Waals surface area (Å²) in [5.74, 6) is 0.552. The minimum Gasteiger partial charge on any atom is -0.370 e. The highest BCUT2D eigenvalue weighted by Crippen LogP contribution is 2.31. The first-order chi connectivity index (χ1) is 7.77. The fourth-order valence-corrected chi connectivity index (χ4v) is 3.18. The van der Waals surface area contributed by atoms with E-state index in [1.165, 1.54) is 38.6 Å². The molecule has 3 unspecified atom stereocenters. The van der Waals surface area contributed by atoms with Crippen molar-refractivity contribution in [3.05, 3.63) is 0 Å². The van der Waals surface area contributed by atoms with Crippen molar-refractivity contribution >= 4 is 5.91 Å². The number of amides is 1. The van der Waals surface area contributed by atoms with Crippen LogP contribution in [0.2, 0.25) is 0 Å². The van der Waals surface area contributed by atoms with Crippen molar-refractivity contribution < 1.29 is 4.79 Å². The number of nitrogens with two attached hydrogens (primary N) is 1. The molecule has 1 saturated heterocycles. The molecule has 1 saturated carbocycles. The van der Waals surface area contributed by atoms with Crippen molar-refractivity contribution in [2.24, 2.45) is 11.7 Å². The third-order valence-corrected chi connectivity index (χ3v) is 3.96. The summed E-state index contributed by atoms with van der Waals surface area (Å²) < 4.78 is 0. The predicted molar refractivity (Wildman–Crippen MR) is 64.0 cm³/mol. The SMILES string of the molecule is NC(=O)CCNC1CCCC1C1CCCN1. The molecule has 0 aromatic carbocycles. The van der Waals surface area contributed by atoms with E-state index in [9.17, 15) is 4.79 Å². The molecule has 0 radical (unpaired) electrons. The van der Waals surface area contributed by atoms with Crippen LogP contribution in [-0.2, 0) is 4.79 Å². The number of hydrogen-bond acceptors (Lipinski definition) is 3. The molecule has 2 rings (SSSR count). The minimum atomic E-state index is -0.207. The van der Waals surface area contributed by atoms with E-state index in [1.807, 2.05) is 0 Å². The van der Waals surface area contributed by atoms with Gasteiger partial charge in [0.25, 0.3) is 0 Å². The Morgan fingerprint density at radius 2 is 2.19 bits per heavy atom. The molecular formula is C12H23N3O. The molecule has 3 atom stereocenters. The van der Waals surface area contributed by atoms with Crippen LogP contribution in [0, 0.1) is 5.92 Å². The van der Waals surface area contributed by atoms with Crippen LogP contribution in [0.15, 0.2) is 0 Å². The maximum atomic E-state index is 10.7. The van der Waals surface area contributed by atoms with Gasteiger partial charge in [0.05, 0.1) is 0 Å². The fourth-order valence-electron chi connectivity index (χ4n) is 3.18. The second-order valence-corrected chi connectivity index (χ2v) is 5.07. The van der Waals surface area contributed by atoms with Gasteiger partial charge in [0.2, 0.25) is 5.91 Å². The van der Waals surface area contributed by atoms with E-state index in [-0.39, 0.29) is 5.91 Å². The quantitative estimate of drug-likeness (QED) is 0.633. The van der Waals surface area contributed by atoms with Crippen LogP contribution in [0.5, 0.6) is 0 Å². The van der Waals surface area contributed by atoms with E-state index in [2.05, 4.69) is 10.6 Å². The third kappa shape index (κ3) is 2.95. The lowest BCUT2D eigenvalue weighted by Crippen LogP contribution is -2.42. The normalized spacial score (nSPS) is 34.4. The van der Waals surface area contributed by atoms with Crippen molar-refractivity contribution in [3.8, 4) is 0 Å². The van der Waals surface area contributed by atoms with Crippen molar-refractivity contribution in [3.63, 3.8) is 0 Å². The maximum Gasteiger partial charge on any atom is 0.218 e. The van der Waals surface area contributed by atoms with Crippen molar-refractivity contribution in [1.29, 1.82) is 0 Å². The number of hydrogen-bond donors (Lipinski definition) is 3. The highest BCUT2D eigenvalue weighted by Gasteiger charge is 2.34. The Bertz CT molecular complexity index is 238. The summed E-state index contributed by atoms with van der Waals surface area (Å²) in [5.41, 5.74) is 5.14. The molecule has 2 fully saturated rings. The lowest BCUT2D eigenvalue weighted by Gasteiger charge is -2.26. The largest absolute Gasteiger partial charge is 0.370 e. The summed E-state index contributed by atoms with van der Waals surface area (Å²) >= 11 is 0. The zero-order valence-electron chi connectivity index (χ0n) is 9.87. The smallest absolute Gasteiger partial charge is 0.218 e. The minimum absolute atomic E-state index is 0.207. The Morgan fingerprint density at radius 1 is 1.31 bits per heavy atom. The first kappa shape index (κ1) is 11.9. The summed E-state index contributed by atoms with van der Waals surface area (Å²) in [6.45, 7) is 1.92. The summed E-state index contributed by atoms with van der Waals surface area (Å²) in [6, 6.07) is 1.29. The van der Waals surface area contributed by atoms with E-state index in [0.29, 0.717) is 18.5 Å². The van der Waals surface area contributed by atoms with Gasteiger partial charge in [-0.2, -0.15) is 0 Å².